The second kappa shape index (κ2) is 6.17. The van der Waals surface area contributed by atoms with Gasteiger partial charge >= 0.3 is 0 Å². The number of aromatic nitrogens is 2. The molecule has 96 valence electrons. The van der Waals surface area contributed by atoms with E-state index in [1.165, 1.54) is 32.1 Å². The Kier molecular flexibility index (Phi) is 4.57. The molecular weight excluding hydrogens is 214 g/mol. The lowest BCUT2D eigenvalue weighted by molar-refractivity contribution is 0.0813. The molecule has 1 aliphatic carbocycles. The molecule has 1 aromatic rings. The van der Waals surface area contributed by atoms with Crippen LogP contribution >= 0.6 is 0 Å². The summed E-state index contributed by atoms with van der Waals surface area (Å²) >= 11 is 0. The van der Waals surface area contributed by atoms with Gasteiger partial charge in [-0.2, -0.15) is 0 Å². The summed E-state index contributed by atoms with van der Waals surface area (Å²) < 4.78 is 2.07. The Morgan fingerprint density at radius 3 is 2.76 bits per heavy atom. The summed E-state index contributed by atoms with van der Waals surface area (Å²) in [5.74, 6) is 0. The minimum absolute atomic E-state index is 0.146. The maximum atomic E-state index is 9.57. The van der Waals surface area contributed by atoms with Crippen molar-refractivity contribution >= 4 is 0 Å². The van der Waals surface area contributed by atoms with Gasteiger partial charge in [0.1, 0.15) is 0 Å². The zero-order valence-corrected chi connectivity index (χ0v) is 10.4. The van der Waals surface area contributed by atoms with E-state index in [1.807, 2.05) is 12.5 Å². The van der Waals surface area contributed by atoms with Gasteiger partial charge in [-0.3, -0.25) is 0 Å². The van der Waals surface area contributed by atoms with Crippen LogP contribution in [0.5, 0.6) is 0 Å². The third kappa shape index (κ3) is 3.54. The van der Waals surface area contributed by atoms with E-state index in [9.17, 15) is 5.11 Å². The third-order valence-corrected chi connectivity index (χ3v) is 3.86. The average molecular weight is 237 g/mol. The summed E-state index contributed by atoms with van der Waals surface area (Å²) in [6.07, 6.45) is 11.8. The molecular formula is C13H23N3O. The molecule has 1 saturated carbocycles. The summed E-state index contributed by atoms with van der Waals surface area (Å²) in [7, 11) is 0. The Balaban J connectivity index is 1.69. The fourth-order valence-corrected chi connectivity index (χ4v) is 2.67. The average Bonchev–Trinajstić information content (AvgIpc) is 2.89. The molecule has 1 heterocycles. The highest BCUT2D eigenvalue weighted by atomic mass is 16.3. The molecule has 1 fully saturated rings. The van der Waals surface area contributed by atoms with Gasteiger partial charge in [-0.25, -0.2) is 4.98 Å². The normalized spacial score (nSPS) is 19.4. The number of hydrogen-bond acceptors (Lipinski definition) is 3. The van der Waals surface area contributed by atoms with Crippen LogP contribution in [0.4, 0.5) is 0 Å². The fraction of sp³-hybridized carbons (Fsp3) is 0.769. The number of imidazole rings is 1. The Labute approximate surface area is 103 Å². The van der Waals surface area contributed by atoms with Crippen molar-refractivity contribution in [2.24, 2.45) is 5.41 Å². The second-order valence-electron chi connectivity index (χ2n) is 5.20. The highest BCUT2D eigenvalue weighted by molar-refractivity contribution is 4.84. The van der Waals surface area contributed by atoms with E-state index < -0.39 is 0 Å². The van der Waals surface area contributed by atoms with Crippen molar-refractivity contribution in [3.63, 3.8) is 0 Å². The lowest BCUT2D eigenvalue weighted by atomic mass is 9.74. The predicted octanol–water partition coefficient (Wildman–Crippen LogP) is 1.42. The van der Waals surface area contributed by atoms with Crippen LogP contribution in [-0.2, 0) is 6.54 Å². The van der Waals surface area contributed by atoms with Gasteiger partial charge in [0, 0.05) is 44.0 Å². The topological polar surface area (TPSA) is 50.1 Å². The van der Waals surface area contributed by atoms with Crippen LogP contribution in [0.15, 0.2) is 18.7 Å². The number of nitrogens with zero attached hydrogens (tertiary/aromatic N) is 2. The Morgan fingerprint density at radius 1 is 1.29 bits per heavy atom. The zero-order chi connectivity index (χ0) is 12.0. The number of hydrogen-bond donors (Lipinski definition) is 2. The van der Waals surface area contributed by atoms with E-state index in [-0.39, 0.29) is 5.41 Å². The summed E-state index contributed by atoms with van der Waals surface area (Å²) in [5.41, 5.74) is 0.146. The standard InChI is InChI=1S/C13H23N3O/c17-11-13(4-2-1-3-5-13)10-14-6-8-16-9-7-15-12-16/h7,9,12,14,17H,1-6,8,10-11H2. The quantitative estimate of drug-likeness (QED) is 0.736. The van der Waals surface area contributed by atoms with Crippen LogP contribution in [0.3, 0.4) is 0 Å². The van der Waals surface area contributed by atoms with E-state index in [4.69, 9.17) is 0 Å². The Hall–Kier alpha value is -0.870. The molecule has 0 bridgehead atoms. The van der Waals surface area contributed by atoms with Crippen molar-refractivity contribution in [2.75, 3.05) is 19.7 Å². The fourth-order valence-electron chi connectivity index (χ4n) is 2.67. The molecule has 0 saturated heterocycles. The Morgan fingerprint density at radius 2 is 2.12 bits per heavy atom. The van der Waals surface area contributed by atoms with Crippen molar-refractivity contribution in [2.45, 2.75) is 38.6 Å². The smallest absolute Gasteiger partial charge is 0.0946 e. The van der Waals surface area contributed by atoms with Gasteiger partial charge < -0.3 is 15.0 Å². The number of rotatable bonds is 6. The molecule has 0 aromatic carbocycles. The number of aliphatic hydroxyl groups is 1. The molecule has 0 aliphatic heterocycles. The largest absolute Gasteiger partial charge is 0.396 e. The molecule has 2 N–H and O–H groups in total. The summed E-state index contributed by atoms with van der Waals surface area (Å²) in [5, 5.41) is 13.0. The molecule has 1 aliphatic rings. The van der Waals surface area contributed by atoms with Crippen molar-refractivity contribution in [3.8, 4) is 0 Å². The first kappa shape index (κ1) is 12.6. The van der Waals surface area contributed by atoms with Gasteiger partial charge in [-0.15, -0.1) is 0 Å². The SMILES string of the molecule is OCC1(CNCCn2ccnc2)CCCCC1. The van der Waals surface area contributed by atoms with E-state index in [0.717, 1.165) is 19.6 Å². The first-order valence-electron chi connectivity index (χ1n) is 6.62. The minimum atomic E-state index is 0.146. The monoisotopic (exact) mass is 237 g/mol. The molecule has 1 aromatic heterocycles. The first-order valence-corrected chi connectivity index (χ1v) is 6.62. The van der Waals surface area contributed by atoms with Crippen LogP contribution in [0, 0.1) is 5.41 Å². The van der Waals surface area contributed by atoms with E-state index in [1.54, 1.807) is 6.20 Å². The summed E-state index contributed by atoms with van der Waals surface area (Å²) in [4.78, 5) is 4.02. The van der Waals surface area contributed by atoms with Gasteiger partial charge in [-0.05, 0) is 12.8 Å². The second-order valence-corrected chi connectivity index (χ2v) is 5.20. The molecule has 2 rings (SSSR count). The first-order chi connectivity index (χ1) is 8.35. The molecule has 0 amide bonds. The molecule has 0 unspecified atom stereocenters. The zero-order valence-electron chi connectivity index (χ0n) is 10.4. The van der Waals surface area contributed by atoms with Gasteiger partial charge in [0.25, 0.3) is 0 Å². The summed E-state index contributed by atoms with van der Waals surface area (Å²) in [6.45, 7) is 3.16. The van der Waals surface area contributed by atoms with Gasteiger partial charge in [-0.1, -0.05) is 19.3 Å². The van der Waals surface area contributed by atoms with Crippen molar-refractivity contribution < 1.29 is 5.11 Å². The lowest BCUT2D eigenvalue weighted by Gasteiger charge is -2.35. The number of aliphatic hydroxyl groups excluding tert-OH is 1. The van der Waals surface area contributed by atoms with E-state index in [0.29, 0.717) is 6.61 Å². The lowest BCUT2D eigenvalue weighted by Crippen LogP contribution is -2.40. The summed E-state index contributed by atoms with van der Waals surface area (Å²) in [6, 6.07) is 0. The van der Waals surface area contributed by atoms with E-state index >= 15 is 0 Å². The van der Waals surface area contributed by atoms with Crippen LogP contribution in [0.1, 0.15) is 32.1 Å². The molecule has 4 heteroatoms. The van der Waals surface area contributed by atoms with Gasteiger partial charge in [0.2, 0.25) is 0 Å². The van der Waals surface area contributed by atoms with Crippen molar-refractivity contribution in [3.05, 3.63) is 18.7 Å². The predicted molar refractivity (Wildman–Crippen MR) is 67.7 cm³/mol. The van der Waals surface area contributed by atoms with E-state index in [2.05, 4.69) is 14.9 Å². The molecule has 4 nitrogen and oxygen atoms in total. The molecule has 0 spiro atoms. The molecule has 0 radical (unpaired) electrons. The maximum absolute atomic E-state index is 9.57. The van der Waals surface area contributed by atoms with Crippen LogP contribution in [0.25, 0.3) is 0 Å². The Bertz CT molecular complexity index is 304. The van der Waals surface area contributed by atoms with Crippen LogP contribution in [0.2, 0.25) is 0 Å². The number of nitrogens with one attached hydrogen (secondary N) is 1. The maximum Gasteiger partial charge on any atom is 0.0946 e. The minimum Gasteiger partial charge on any atom is -0.396 e. The van der Waals surface area contributed by atoms with Gasteiger partial charge in [0.15, 0.2) is 0 Å². The van der Waals surface area contributed by atoms with Crippen LogP contribution in [-0.4, -0.2) is 34.4 Å². The highest BCUT2D eigenvalue weighted by Gasteiger charge is 2.30. The van der Waals surface area contributed by atoms with Gasteiger partial charge in [0.05, 0.1) is 6.33 Å². The van der Waals surface area contributed by atoms with Crippen molar-refractivity contribution in [1.29, 1.82) is 0 Å². The third-order valence-electron chi connectivity index (χ3n) is 3.86. The highest BCUT2D eigenvalue weighted by Crippen LogP contribution is 2.35. The van der Waals surface area contributed by atoms with Crippen LogP contribution < -0.4 is 5.32 Å². The molecule has 17 heavy (non-hydrogen) atoms. The molecule has 0 atom stereocenters. The van der Waals surface area contributed by atoms with Crippen molar-refractivity contribution in [1.82, 2.24) is 14.9 Å².